The maximum absolute atomic E-state index is 12.7. The van der Waals surface area contributed by atoms with Gasteiger partial charge in [0.15, 0.2) is 11.5 Å². The first-order valence-corrected chi connectivity index (χ1v) is 8.67. The van der Waals surface area contributed by atoms with Gasteiger partial charge in [0.05, 0.1) is 31.4 Å². The molecule has 2 aromatic carbocycles. The van der Waals surface area contributed by atoms with E-state index in [1.165, 1.54) is 25.1 Å². The lowest BCUT2D eigenvalue weighted by molar-refractivity contribution is -0.121. The fraction of sp³-hybridized carbons (Fsp3) is 0.250. The Morgan fingerprint density at radius 1 is 1.14 bits per heavy atom. The molecule has 3 aromatic rings. The van der Waals surface area contributed by atoms with Crippen molar-refractivity contribution in [2.24, 2.45) is 0 Å². The number of benzene rings is 2. The average molecular weight is 383 g/mol. The van der Waals surface area contributed by atoms with Crippen LogP contribution in [0, 0.1) is 0 Å². The molecule has 0 unspecified atom stereocenters. The van der Waals surface area contributed by atoms with Gasteiger partial charge in [0.25, 0.3) is 5.56 Å². The van der Waals surface area contributed by atoms with Crippen LogP contribution in [0.2, 0.25) is 0 Å². The number of amides is 1. The Hall–Kier alpha value is -3.55. The molecule has 146 valence electrons. The van der Waals surface area contributed by atoms with Gasteiger partial charge in [-0.05, 0) is 30.2 Å². The SMILES string of the molecule is COc1cc2ncn(CC(=O)NCCc3ccc(O)cc3)c(=O)c2cc1OC. The molecule has 0 aliphatic rings. The first kappa shape index (κ1) is 19.2. The Morgan fingerprint density at radius 2 is 1.82 bits per heavy atom. The number of phenolic OH excluding ortho intramolecular Hbond substituents is 1. The topological polar surface area (TPSA) is 103 Å². The minimum absolute atomic E-state index is 0.133. The Balaban J connectivity index is 1.69. The van der Waals surface area contributed by atoms with E-state index in [2.05, 4.69) is 10.3 Å². The summed E-state index contributed by atoms with van der Waals surface area (Å²) in [6, 6.07) is 9.96. The number of phenols is 1. The highest BCUT2D eigenvalue weighted by atomic mass is 16.5. The van der Waals surface area contributed by atoms with Gasteiger partial charge < -0.3 is 19.9 Å². The molecule has 8 heteroatoms. The van der Waals surface area contributed by atoms with Gasteiger partial charge >= 0.3 is 0 Å². The van der Waals surface area contributed by atoms with Crippen LogP contribution in [0.1, 0.15) is 5.56 Å². The van der Waals surface area contributed by atoms with E-state index in [1.54, 1.807) is 36.4 Å². The number of carbonyl (C=O) groups is 1. The zero-order chi connectivity index (χ0) is 20.1. The van der Waals surface area contributed by atoms with Crippen LogP contribution in [0.15, 0.2) is 47.5 Å². The monoisotopic (exact) mass is 383 g/mol. The third kappa shape index (κ3) is 4.22. The highest BCUT2D eigenvalue weighted by molar-refractivity contribution is 5.82. The molecule has 0 aliphatic carbocycles. The number of rotatable bonds is 7. The van der Waals surface area contributed by atoms with Crippen LogP contribution < -0.4 is 20.3 Å². The van der Waals surface area contributed by atoms with E-state index >= 15 is 0 Å². The molecule has 1 aromatic heterocycles. The number of aromatic hydroxyl groups is 1. The van der Waals surface area contributed by atoms with Crippen molar-refractivity contribution in [2.45, 2.75) is 13.0 Å². The molecular formula is C20H21N3O5. The summed E-state index contributed by atoms with van der Waals surface area (Å²) in [6.07, 6.45) is 1.96. The molecule has 1 amide bonds. The van der Waals surface area contributed by atoms with Crippen molar-refractivity contribution < 1.29 is 19.4 Å². The second-order valence-corrected chi connectivity index (χ2v) is 6.17. The predicted molar refractivity (Wildman–Crippen MR) is 104 cm³/mol. The number of nitrogens with one attached hydrogen (secondary N) is 1. The third-order valence-electron chi connectivity index (χ3n) is 4.32. The van der Waals surface area contributed by atoms with Crippen LogP contribution in [0.3, 0.4) is 0 Å². The zero-order valence-corrected chi connectivity index (χ0v) is 15.6. The van der Waals surface area contributed by atoms with E-state index in [0.717, 1.165) is 5.56 Å². The second-order valence-electron chi connectivity index (χ2n) is 6.17. The van der Waals surface area contributed by atoms with Crippen molar-refractivity contribution in [3.05, 3.63) is 58.6 Å². The van der Waals surface area contributed by atoms with Crippen LogP contribution in [-0.2, 0) is 17.8 Å². The van der Waals surface area contributed by atoms with Crippen LogP contribution in [0.25, 0.3) is 10.9 Å². The molecule has 3 rings (SSSR count). The summed E-state index contributed by atoms with van der Waals surface area (Å²) in [5.41, 5.74) is 1.12. The van der Waals surface area contributed by atoms with Gasteiger partial charge in [-0.15, -0.1) is 0 Å². The fourth-order valence-electron chi connectivity index (χ4n) is 2.82. The molecule has 0 saturated heterocycles. The number of hydrogen-bond acceptors (Lipinski definition) is 6. The Kier molecular flexibility index (Phi) is 5.78. The number of methoxy groups -OCH3 is 2. The average Bonchev–Trinajstić information content (AvgIpc) is 2.70. The van der Waals surface area contributed by atoms with Crippen molar-refractivity contribution in [1.82, 2.24) is 14.9 Å². The van der Waals surface area contributed by atoms with E-state index in [9.17, 15) is 14.7 Å². The minimum Gasteiger partial charge on any atom is -0.508 e. The van der Waals surface area contributed by atoms with E-state index < -0.39 is 0 Å². The number of ether oxygens (including phenoxy) is 2. The molecule has 0 radical (unpaired) electrons. The van der Waals surface area contributed by atoms with Crippen LogP contribution in [0.5, 0.6) is 17.2 Å². The summed E-state index contributed by atoms with van der Waals surface area (Å²) >= 11 is 0. The molecule has 28 heavy (non-hydrogen) atoms. The van der Waals surface area contributed by atoms with Gasteiger partial charge in [-0.25, -0.2) is 4.98 Å². The maximum Gasteiger partial charge on any atom is 0.261 e. The van der Waals surface area contributed by atoms with Gasteiger partial charge in [0.2, 0.25) is 5.91 Å². The van der Waals surface area contributed by atoms with Crippen LogP contribution in [-0.4, -0.2) is 41.3 Å². The Labute approximate surface area is 161 Å². The van der Waals surface area contributed by atoms with Crippen molar-refractivity contribution in [2.75, 3.05) is 20.8 Å². The Morgan fingerprint density at radius 3 is 2.50 bits per heavy atom. The van der Waals surface area contributed by atoms with E-state index in [-0.39, 0.29) is 23.8 Å². The molecule has 0 atom stereocenters. The van der Waals surface area contributed by atoms with Gasteiger partial charge in [0.1, 0.15) is 12.3 Å². The molecule has 0 bridgehead atoms. The zero-order valence-electron chi connectivity index (χ0n) is 15.6. The summed E-state index contributed by atoms with van der Waals surface area (Å²) in [5.74, 6) is 0.810. The molecule has 1 heterocycles. The summed E-state index contributed by atoms with van der Waals surface area (Å²) < 4.78 is 11.7. The largest absolute Gasteiger partial charge is 0.508 e. The highest BCUT2D eigenvalue weighted by Crippen LogP contribution is 2.29. The first-order valence-electron chi connectivity index (χ1n) is 8.67. The summed E-state index contributed by atoms with van der Waals surface area (Å²) in [7, 11) is 2.99. The fourth-order valence-corrected chi connectivity index (χ4v) is 2.82. The molecule has 2 N–H and O–H groups in total. The first-order chi connectivity index (χ1) is 13.5. The van der Waals surface area contributed by atoms with Gasteiger partial charge in [-0.1, -0.05) is 12.1 Å². The molecule has 0 aliphatic heterocycles. The van der Waals surface area contributed by atoms with Gasteiger partial charge in [-0.2, -0.15) is 0 Å². The number of carbonyl (C=O) groups excluding carboxylic acids is 1. The third-order valence-corrected chi connectivity index (χ3v) is 4.32. The minimum atomic E-state index is -0.334. The summed E-state index contributed by atoms with van der Waals surface area (Å²) in [6.45, 7) is 0.288. The molecule has 0 saturated carbocycles. The Bertz CT molecular complexity index is 1040. The molecule has 8 nitrogen and oxygen atoms in total. The second kappa shape index (κ2) is 8.43. The normalized spacial score (nSPS) is 10.6. The maximum atomic E-state index is 12.7. The van der Waals surface area contributed by atoms with E-state index in [4.69, 9.17) is 9.47 Å². The number of nitrogens with zero attached hydrogens (tertiary/aromatic N) is 2. The molecule has 0 fully saturated rings. The van der Waals surface area contributed by atoms with Crippen molar-refractivity contribution >= 4 is 16.8 Å². The van der Waals surface area contributed by atoms with E-state index in [0.29, 0.717) is 35.4 Å². The van der Waals surface area contributed by atoms with Crippen molar-refractivity contribution in [3.8, 4) is 17.2 Å². The quantitative estimate of drug-likeness (QED) is 0.641. The van der Waals surface area contributed by atoms with Crippen molar-refractivity contribution in [3.63, 3.8) is 0 Å². The molecule has 0 spiro atoms. The van der Waals surface area contributed by atoms with Crippen LogP contribution >= 0.6 is 0 Å². The lowest BCUT2D eigenvalue weighted by Gasteiger charge is -2.11. The number of aromatic nitrogens is 2. The van der Waals surface area contributed by atoms with E-state index in [1.807, 2.05) is 0 Å². The smallest absolute Gasteiger partial charge is 0.261 e. The highest BCUT2D eigenvalue weighted by Gasteiger charge is 2.12. The lowest BCUT2D eigenvalue weighted by atomic mass is 10.1. The lowest BCUT2D eigenvalue weighted by Crippen LogP contribution is -2.33. The van der Waals surface area contributed by atoms with Crippen molar-refractivity contribution in [1.29, 1.82) is 0 Å². The summed E-state index contributed by atoms with van der Waals surface area (Å²) in [5, 5.41) is 12.4. The van der Waals surface area contributed by atoms with Gasteiger partial charge in [0, 0.05) is 12.6 Å². The predicted octanol–water partition coefficient (Wildman–Crippen LogP) is 1.48. The standard InChI is InChI=1S/C20H21N3O5/c1-27-17-9-15-16(10-18(17)28-2)22-12-23(20(15)26)11-19(25)21-8-7-13-3-5-14(24)6-4-13/h3-6,9-10,12,24H,7-8,11H2,1-2H3,(H,21,25). The number of fused-ring (bicyclic) bond motifs is 1. The van der Waals surface area contributed by atoms with Crippen LogP contribution in [0.4, 0.5) is 0 Å². The molecular weight excluding hydrogens is 362 g/mol. The number of hydrogen-bond donors (Lipinski definition) is 2. The summed E-state index contributed by atoms with van der Waals surface area (Å²) in [4.78, 5) is 29.1. The van der Waals surface area contributed by atoms with Gasteiger partial charge in [-0.3, -0.25) is 14.2 Å².